The zero-order valence-corrected chi connectivity index (χ0v) is 11.9. The lowest BCUT2D eigenvalue weighted by molar-refractivity contribution is -0.156. The molecule has 0 aliphatic carbocycles. The molecule has 1 fully saturated rings. The van der Waals surface area contributed by atoms with E-state index >= 15 is 0 Å². The number of hydrogen-bond donors (Lipinski definition) is 1. The number of carboxylic acid groups (broad SMARTS) is 1. The lowest BCUT2D eigenvalue weighted by Gasteiger charge is -2.38. The fourth-order valence-corrected chi connectivity index (χ4v) is 2.11. The van der Waals surface area contributed by atoms with E-state index in [0.717, 1.165) is 0 Å². The maximum Gasteiger partial charge on any atom is 0.410 e. The Kier molecular flexibility index (Phi) is 4.22. The van der Waals surface area contributed by atoms with Gasteiger partial charge in [-0.2, -0.15) is 0 Å². The summed E-state index contributed by atoms with van der Waals surface area (Å²) in [4.78, 5) is 36.2. The van der Waals surface area contributed by atoms with Gasteiger partial charge in [-0.25, -0.2) is 4.79 Å². The highest BCUT2D eigenvalue weighted by atomic mass is 16.6. The van der Waals surface area contributed by atoms with Crippen LogP contribution in [0.1, 0.15) is 40.5 Å². The number of ketones is 1. The molecule has 0 bridgehead atoms. The van der Waals surface area contributed by atoms with Crippen molar-refractivity contribution in [3.8, 4) is 0 Å². The molecule has 1 atom stereocenters. The number of hydrogen-bond acceptors (Lipinski definition) is 4. The molecule has 1 amide bonds. The van der Waals surface area contributed by atoms with Crippen LogP contribution in [-0.4, -0.2) is 46.5 Å². The number of ether oxygens (including phenoxy) is 1. The van der Waals surface area contributed by atoms with Gasteiger partial charge in [0.1, 0.15) is 5.60 Å². The highest BCUT2D eigenvalue weighted by Gasteiger charge is 2.46. The van der Waals surface area contributed by atoms with Crippen LogP contribution < -0.4 is 0 Å². The number of carbonyl (C=O) groups is 3. The molecule has 6 nitrogen and oxygen atoms in total. The topological polar surface area (TPSA) is 83.9 Å². The van der Waals surface area contributed by atoms with E-state index in [1.165, 1.54) is 4.90 Å². The summed E-state index contributed by atoms with van der Waals surface area (Å²) < 4.78 is 5.18. The number of Topliss-reactive ketones (excluding diaryl/α,β-unsaturated/α-hetero) is 1. The maximum absolute atomic E-state index is 11.9. The van der Waals surface area contributed by atoms with Crippen molar-refractivity contribution in [1.82, 2.24) is 4.90 Å². The fourth-order valence-electron chi connectivity index (χ4n) is 2.11. The van der Waals surface area contributed by atoms with Crippen molar-refractivity contribution in [3.63, 3.8) is 0 Å². The smallest absolute Gasteiger partial charge is 0.410 e. The van der Waals surface area contributed by atoms with E-state index in [1.54, 1.807) is 27.7 Å². The van der Waals surface area contributed by atoms with E-state index in [-0.39, 0.29) is 25.3 Å². The van der Waals surface area contributed by atoms with Crippen molar-refractivity contribution in [1.29, 1.82) is 0 Å². The number of amides is 1. The quantitative estimate of drug-likeness (QED) is 0.826. The van der Waals surface area contributed by atoms with Gasteiger partial charge in [0.25, 0.3) is 0 Å². The van der Waals surface area contributed by atoms with Gasteiger partial charge in [0.2, 0.25) is 0 Å². The van der Waals surface area contributed by atoms with Gasteiger partial charge in [-0.1, -0.05) is 6.92 Å². The molecular formula is C13H21NO5. The number of likely N-dealkylation sites (tertiary alicyclic amines) is 1. The molecule has 1 N–H and O–H groups in total. The summed E-state index contributed by atoms with van der Waals surface area (Å²) in [7, 11) is 0. The summed E-state index contributed by atoms with van der Waals surface area (Å²) in [5, 5.41) is 9.31. The normalized spacial score (nSPS) is 24.2. The summed E-state index contributed by atoms with van der Waals surface area (Å²) >= 11 is 0. The molecule has 0 aromatic carbocycles. The van der Waals surface area contributed by atoms with Crippen molar-refractivity contribution in [3.05, 3.63) is 0 Å². The van der Waals surface area contributed by atoms with Crippen LogP contribution in [0.3, 0.4) is 0 Å². The number of aliphatic carboxylic acids is 1. The second-order valence-corrected chi connectivity index (χ2v) is 5.99. The summed E-state index contributed by atoms with van der Waals surface area (Å²) in [5.74, 6) is -1.29. The number of nitrogens with zero attached hydrogens (tertiary/aromatic N) is 1. The molecule has 6 heteroatoms. The first-order valence-corrected chi connectivity index (χ1v) is 6.33. The SMILES string of the molecule is CCC1(C(=O)O)CC(=O)CN(C(=O)OC(C)(C)C)C1. The number of carboxylic acids is 1. The molecule has 1 saturated heterocycles. The van der Waals surface area contributed by atoms with Gasteiger partial charge < -0.3 is 9.84 Å². The van der Waals surface area contributed by atoms with Crippen LogP contribution >= 0.6 is 0 Å². The average molecular weight is 271 g/mol. The molecule has 1 aliphatic rings. The van der Waals surface area contributed by atoms with E-state index in [9.17, 15) is 19.5 Å². The number of rotatable bonds is 2. The summed E-state index contributed by atoms with van der Waals surface area (Å²) in [6.45, 7) is 6.81. The zero-order chi connectivity index (χ0) is 14.8. The molecule has 1 rings (SSSR count). The van der Waals surface area contributed by atoms with Gasteiger partial charge in [-0.05, 0) is 27.2 Å². The predicted octanol–water partition coefficient (Wildman–Crippen LogP) is 1.68. The first kappa shape index (κ1) is 15.5. The second kappa shape index (κ2) is 5.19. The van der Waals surface area contributed by atoms with Crippen LogP contribution in [0, 0.1) is 5.41 Å². The van der Waals surface area contributed by atoms with Gasteiger partial charge in [0.15, 0.2) is 5.78 Å². The summed E-state index contributed by atoms with van der Waals surface area (Å²) in [6.07, 6.45) is -0.370. The van der Waals surface area contributed by atoms with E-state index in [1.807, 2.05) is 0 Å². The van der Waals surface area contributed by atoms with Gasteiger partial charge in [0.05, 0.1) is 12.0 Å². The zero-order valence-electron chi connectivity index (χ0n) is 11.9. The van der Waals surface area contributed by atoms with Crippen LogP contribution in [0.15, 0.2) is 0 Å². The van der Waals surface area contributed by atoms with E-state index in [0.29, 0.717) is 6.42 Å². The summed E-state index contributed by atoms with van der Waals surface area (Å²) in [6, 6.07) is 0. The van der Waals surface area contributed by atoms with Crippen LogP contribution in [0.2, 0.25) is 0 Å². The molecule has 0 aromatic heterocycles. The Morgan fingerprint density at radius 2 is 2.00 bits per heavy atom. The molecule has 0 saturated carbocycles. The third-order valence-corrected chi connectivity index (χ3v) is 3.18. The van der Waals surface area contributed by atoms with Crippen molar-refractivity contribution < 1.29 is 24.2 Å². The fraction of sp³-hybridized carbons (Fsp3) is 0.769. The predicted molar refractivity (Wildman–Crippen MR) is 67.8 cm³/mol. The Morgan fingerprint density at radius 3 is 2.42 bits per heavy atom. The lowest BCUT2D eigenvalue weighted by atomic mass is 9.77. The largest absolute Gasteiger partial charge is 0.481 e. The number of piperidine rings is 1. The molecule has 1 unspecified atom stereocenters. The van der Waals surface area contributed by atoms with Crippen molar-refractivity contribution in [2.24, 2.45) is 5.41 Å². The van der Waals surface area contributed by atoms with Crippen LogP contribution in [-0.2, 0) is 14.3 Å². The molecule has 108 valence electrons. The van der Waals surface area contributed by atoms with Gasteiger partial charge in [-0.3, -0.25) is 14.5 Å². The highest BCUT2D eigenvalue weighted by Crippen LogP contribution is 2.32. The Balaban J connectivity index is 2.89. The van der Waals surface area contributed by atoms with Gasteiger partial charge in [-0.15, -0.1) is 0 Å². The Hall–Kier alpha value is -1.59. The van der Waals surface area contributed by atoms with Crippen LogP contribution in [0.5, 0.6) is 0 Å². The van der Waals surface area contributed by atoms with Gasteiger partial charge >= 0.3 is 12.1 Å². The third-order valence-electron chi connectivity index (χ3n) is 3.18. The Labute approximate surface area is 112 Å². The lowest BCUT2D eigenvalue weighted by Crippen LogP contribution is -2.54. The Morgan fingerprint density at radius 1 is 1.42 bits per heavy atom. The highest BCUT2D eigenvalue weighted by molar-refractivity contribution is 5.91. The molecule has 1 aliphatic heterocycles. The molecule has 0 radical (unpaired) electrons. The maximum atomic E-state index is 11.9. The molecule has 0 spiro atoms. The molecule has 0 aromatic rings. The Bertz CT molecular complexity index is 398. The van der Waals surface area contributed by atoms with Gasteiger partial charge in [0, 0.05) is 13.0 Å². The molecular weight excluding hydrogens is 250 g/mol. The third kappa shape index (κ3) is 3.68. The molecule has 1 heterocycles. The first-order chi connectivity index (χ1) is 8.59. The average Bonchev–Trinajstić information content (AvgIpc) is 2.25. The number of carbonyl (C=O) groups excluding carboxylic acids is 2. The van der Waals surface area contributed by atoms with Crippen molar-refractivity contribution in [2.75, 3.05) is 13.1 Å². The van der Waals surface area contributed by atoms with Crippen LogP contribution in [0.4, 0.5) is 4.79 Å². The van der Waals surface area contributed by atoms with Crippen molar-refractivity contribution in [2.45, 2.75) is 46.1 Å². The minimum absolute atomic E-state index is 0.0134. The standard InChI is InChI=1S/C13H21NO5/c1-5-13(10(16)17)6-9(15)7-14(8-13)11(18)19-12(2,3)4/h5-8H2,1-4H3,(H,16,17). The van der Waals surface area contributed by atoms with Crippen LogP contribution in [0.25, 0.3) is 0 Å². The first-order valence-electron chi connectivity index (χ1n) is 6.33. The van der Waals surface area contributed by atoms with E-state index in [4.69, 9.17) is 4.74 Å². The minimum atomic E-state index is -1.19. The summed E-state index contributed by atoms with van der Waals surface area (Å²) in [5.41, 5.74) is -1.86. The van der Waals surface area contributed by atoms with E-state index in [2.05, 4.69) is 0 Å². The minimum Gasteiger partial charge on any atom is -0.481 e. The van der Waals surface area contributed by atoms with Crippen molar-refractivity contribution >= 4 is 17.8 Å². The molecule has 19 heavy (non-hydrogen) atoms. The second-order valence-electron chi connectivity index (χ2n) is 5.99. The van der Waals surface area contributed by atoms with E-state index < -0.39 is 23.1 Å². The monoisotopic (exact) mass is 271 g/mol.